The first kappa shape index (κ1) is 24.4. The lowest BCUT2D eigenvalue weighted by Crippen LogP contribution is -2.78. The van der Waals surface area contributed by atoms with Crippen LogP contribution in [0.3, 0.4) is 0 Å². The number of carbonyl (C=O) groups excluding carboxylic acids is 2. The predicted octanol–water partition coefficient (Wildman–Crippen LogP) is -2.29. The van der Waals surface area contributed by atoms with Gasteiger partial charge in [-0.15, -0.1) is 0 Å². The SMILES string of the molecule is CN1C2C(=O)NC(N)NC2NC[C@@H]1CNc1ccc(C(=O)N[C@@H](CCC(=O)O)C(=O)O)cc1. The van der Waals surface area contributed by atoms with Crippen LogP contribution in [0.25, 0.3) is 0 Å². The lowest BCUT2D eigenvalue weighted by Gasteiger charge is -2.47. The zero-order valence-corrected chi connectivity index (χ0v) is 18.1. The summed E-state index contributed by atoms with van der Waals surface area (Å²) >= 11 is 0. The number of likely N-dealkylation sites (N-methyl/N-ethyl adjacent to an activating group) is 1. The number of nitrogens with zero attached hydrogens (tertiary/aromatic N) is 1. The van der Waals surface area contributed by atoms with E-state index in [2.05, 4.69) is 26.6 Å². The number of benzene rings is 1. The van der Waals surface area contributed by atoms with Crippen molar-refractivity contribution in [2.75, 3.05) is 25.5 Å². The number of nitrogens with two attached hydrogens (primary N) is 1. The van der Waals surface area contributed by atoms with Crippen molar-refractivity contribution in [1.82, 2.24) is 26.2 Å². The van der Waals surface area contributed by atoms with Crippen LogP contribution in [0.15, 0.2) is 24.3 Å². The molecule has 2 aliphatic rings. The topological polar surface area (TPSA) is 198 Å². The summed E-state index contributed by atoms with van der Waals surface area (Å²) < 4.78 is 0. The molecular formula is C20H29N7O6. The minimum absolute atomic E-state index is 0.0154. The van der Waals surface area contributed by atoms with Crippen molar-refractivity contribution in [2.24, 2.45) is 5.73 Å². The van der Waals surface area contributed by atoms with Gasteiger partial charge in [0.1, 0.15) is 18.4 Å². The van der Waals surface area contributed by atoms with E-state index in [9.17, 15) is 24.3 Å². The molecule has 0 aromatic heterocycles. The molecule has 0 radical (unpaired) electrons. The molecule has 2 fully saturated rings. The van der Waals surface area contributed by atoms with Crippen molar-refractivity contribution in [1.29, 1.82) is 0 Å². The summed E-state index contributed by atoms with van der Waals surface area (Å²) in [7, 11) is 1.87. The van der Waals surface area contributed by atoms with E-state index in [4.69, 9.17) is 10.8 Å². The number of hydrogen-bond donors (Lipinski definition) is 8. The summed E-state index contributed by atoms with van der Waals surface area (Å²) in [5.74, 6) is -3.18. The van der Waals surface area contributed by atoms with Gasteiger partial charge in [-0.2, -0.15) is 0 Å². The van der Waals surface area contributed by atoms with E-state index in [1.165, 1.54) is 0 Å². The Labute approximate surface area is 190 Å². The van der Waals surface area contributed by atoms with Crippen molar-refractivity contribution in [2.45, 2.75) is 43.4 Å². The maximum atomic E-state index is 12.3. The number of aliphatic carboxylic acids is 2. The van der Waals surface area contributed by atoms with Gasteiger partial charge in [0, 0.05) is 36.8 Å². The molecule has 180 valence electrons. The Hall–Kier alpha value is -3.26. The lowest BCUT2D eigenvalue weighted by molar-refractivity contribution is -0.140. The van der Waals surface area contributed by atoms with Gasteiger partial charge in [-0.1, -0.05) is 0 Å². The smallest absolute Gasteiger partial charge is 0.326 e. The van der Waals surface area contributed by atoms with E-state index in [1.54, 1.807) is 24.3 Å². The molecule has 0 aliphatic carbocycles. The monoisotopic (exact) mass is 463 g/mol. The second kappa shape index (κ2) is 10.6. The lowest BCUT2D eigenvalue weighted by atomic mass is 10.0. The molecule has 2 amide bonds. The molecule has 0 bridgehead atoms. The highest BCUT2D eigenvalue weighted by molar-refractivity contribution is 5.97. The van der Waals surface area contributed by atoms with E-state index >= 15 is 0 Å². The van der Waals surface area contributed by atoms with Crippen LogP contribution in [-0.4, -0.2) is 89.6 Å². The molecule has 2 aliphatic heterocycles. The second-order valence-electron chi connectivity index (χ2n) is 8.06. The normalized spacial score (nSPS) is 25.9. The van der Waals surface area contributed by atoms with E-state index in [0.717, 1.165) is 5.69 Å². The predicted molar refractivity (Wildman–Crippen MR) is 117 cm³/mol. The molecule has 13 heteroatoms. The van der Waals surface area contributed by atoms with Gasteiger partial charge >= 0.3 is 11.9 Å². The van der Waals surface area contributed by atoms with Crippen LogP contribution in [0.5, 0.6) is 0 Å². The third-order valence-electron chi connectivity index (χ3n) is 5.77. The number of rotatable bonds is 9. The van der Waals surface area contributed by atoms with Crippen LogP contribution in [0.4, 0.5) is 5.69 Å². The van der Waals surface area contributed by atoms with Crippen LogP contribution in [-0.2, 0) is 14.4 Å². The van der Waals surface area contributed by atoms with Gasteiger partial charge in [0.05, 0.1) is 6.17 Å². The van der Waals surface area contributed by atoms with Gasteiger partial charge in [-0.3, -0.25) is 35.7 Å². The molecule has 3 rings (SSSR count). The fourth-order valence-electron chi connectivity index (χ4n) is 3.90. The number of amides is 2. The van der Waals surface area contributed by atoms with Crippen LogP contribution in [0.2, 0.25) is 0 Å². The molecule has 1 aromatic carbocycles. The second-order valence-corrected chi connectivity index (χ2v) is 8.06. The number of hydrogen-bond acceptors (Lipinski definition) is 9. The molecule has 1 aromatic rings. The summed E-state index contributed by atoms with van der Waals surface area (Å²) in [6, 6.07) is 4.80. The van der Waals surface area contributed by atoms with Crippen molar-refractivity contribution >= 4 is 29.4 Å². The molecule has 3 unspecified atom stereocenters. The molecule has 33 heavy (non-hydrogen) atoms. The van der Waals surface area contributed by atoms with Crippen molar-refractivity contribution in [3.63, 3.8) is 0 Å². The Kier molecular flexibility index (Phi) is 7.81. The zero-order valence-electron chi connectivity index (χ0n) is 18.1. The minimum atomic E-state index is -1.29. The Balaban J connectivity index is 1.53. The van der Waals surface area contributed by atoms with Crippen molar-refractivity contribution < 1.29 is 29.4 Å². The van der Waals surface area contributed by atoms with Gasteiger partial charge in [0.15, 0.2) is 0 Å². The molecule has 2 saturated heterocycles. The first-order valence-corrected chi connectivity index (χ1v) is 10.5. The van der Waals surface area contributed by atoms with Gasteiger partial charge < -0.3 is 26.2 Å². The fraction of sp³-hybridized carbons (Fsp3) is 0.500. The molecule has 9 N–H and O–H groups in total. The summed E-state index contributed by atoms with van der Waals surface area (Å²) in [5.41, 5.74) is 6.75. The first-order valence-electron chi connectivity index (χ1n) is 10.5. The van der Waals surface area contributed by atoms with Crippen LogP contribution in [0.1, 0.15) is 23.2 Å². The molecule has 0 spiro atoms. The Morgan fingerprint density at radius 2 is 1.94 bits per heavy atom. The first-order chi connectivity index (χ1) is 15.7. The summed E-state index contributed by atoms with van der Waals surface area (Å²) in [5, 5.41) is 32.6. The number of carbonyl (C=O) groups is 4. The van der Waals surface area contributed by atoms with Crippen molar-refractivity contribution in [3.8, 4) is 0 Å². The minimum Gasteiger partial charge on any atom is -0.481 e. The van der Waals surface area contributed by atoms with E-state index < -0.39 is 36.2 Å². The summed E-state index contributed by atoms with van der Waals surface area (Å²) in [6.45, 7) is 1.17. The van der Waals surface area contributed by atoms with Crippen LogP contribution < -0.4 is 32.3 Å². The van der Waals surface area contributed by atoms with Crippen LogP contribution >= 0.6 is 0 Å². The van der Waals surface area contributed by atoms with Gasteiger partial charge in [0.25, 0.3) is 5.91 Å². The molecule has 5 atom stereocenters. The maximum absolute atomic E-state index is 12.3. The van der Waals surface area contributed by atoms with Gasteiger partial charge in [0.2, 0.25) is 5.91 Å². The summed E-state index contributed by atoms with van der Waals surface area (Å²) in [6.07, 6.45) is -1.40. The highest BCUT2D eigenvalue weighted by Crippen LogP contribution is 2.16. The molecule has 2 heterocycles. The number of anilines is 1. The number of carboxylic acids is 2. The van der Waals surface area contributed by atoms with E-state index in [-0.39, 0.29) is 36.5 Å². The number of carboxylic acid groups (broad SMARTS) is 2. The van der Waals surface area contributed by atoms with Gasteiger partial charge in [-0.05, 0) is 37.7 Å². The van der Waals surface area contributed by atoms with Gasteiger partial charge in [-0.25, -0.2) is 4.79 Å². The summed E-state index contributed by atoms with van der Waals surface area (Å²) in [4.78, 5) is 48.6. The molecular weight excluding hydrogens is 434 g/mol. The molecule has 0 saturated carbocycles. The number of fused-ring (bicyclic) bond motifs is 1. The van der Waals surface area contributed by atoms with Crippen LogP contribution in [0, 0.1) is 0 Å². The molecule has 13 nitrogen and oxygen atoms in total. The van der Waals surface area contributed by atoms with E-state index in [1.807, 2.05) is 11.9 Å². The Morgan fingerprint density at radius 3 is 2.58 bits per heavy atom. The largest absolute Gasteiger partial charge is 0.481 e. The highest BCUT2D eigenvalue weighted by Gasteiger charge is 2.43. The third-order valence-corrected chi connectivity index (χ3v) is 5.77. The average Bonchev–Trinajstić information content (AvgIpc) is 2.75. The highest BCUT2D eigenvalue weighted by atomic mass is 16.4. The third kappa shape index (κ3) is 6.16. The number of nitrogens with one attached hydrogen (secondary N) is 5. The Bertz CT molecular complexity index is 895. The average molecular weight is 463 g/mol. The fourth-order valence-corrected chi connectivity index (χ4v) is 3.90. The number of piperazine rings is 1. The zero-order chi connectivity index (χ0) is 24.1. The quantitative estimate of drug-likeness (QED) is 0.196. The maximum Gasteiger partial charge on any atom is 0.326 e. The van der Waals surface area contributed by atoms with E-state index in [0.29, 0.717) is 13.1 Å². The standard InChI is InChI=1S/C20H29N7O6/c1-27-12(9-23-16-15(27)18(31)26-20(21)25-16)8-22-11-4-2-10(3-5-11)17(30)24-13(19(32)33)6-7-14(28)29/h2-5,12-13,15-16,20,22-23,25H,6-9,21H2,1H3,(H,24,30)(H,26,31)(H,28,29)(H,32,33)/t12-,13-,15?,16?,20?/m0/s1. The van der Waals surface area contributed by atoms with Crippen molar-refractivity contribution in [3.05, 3.63) is 29.8 Å². The Morgan fingerprint density at radius 1 is 1.24 bits per heavy atom.